The summed E-state index contributed by atoms with van der Waals surface area (Å²) >= 11 is 0. The Hall–Kier alpha value is -0.120. The summed E-state index contributed by atoms with van der Waals surface area (Å²) in [5.41, 5.74) is 0. The topological polar surface area (TPSA) is 38.7 Å². The summed E-state index contributed by atoms with van der Waals surface area (Å²) in [4.78, 5) is 0. The second kappa shape index (κ2) is 15.9. The molecule has 0 radical (unpaired) electrons. The SMILES string of the molecule is CCO.CCOCOCC. The van der Waals surface area contributed by atoms with Crippen LogP contribution in [0, 0.1) is 0 Å². The summed E-state index contributed by atoms with van der Waals surface area (Å²) in [6.45, 7) is 7.73. The highest BCUT2D eigenvalue weighted by Gasteiger charge is 1.76. The van der Waals surface area contributed by atoms with Crippen LogP contribution in [-0.4, -0.2) is 31.7 Å². The van der Waals surface area contributed by atoms with Crippen molar-refractivity contribution in [1.29, 1.82) is 0 Å². The predicted molar refractivity (Wildman–Crippen MR) is 40.9 cm³/mol. The zero-order chi connectivity index (χ0) is 8.24. The van der Waals surface area contributed by atoms with Crippen molar-refractivity contribution in [2.24, 2.45) is 0 Å². The van der Waals surface area contributed by atoms with Crippen molar-refractivity contribution >= 4 is 0 Å². The largest absolute Gasteiger partial charge is 0.397 e. The van der Waals surface area contributed by atoms with Gasteiger partial charge in [0, 0.05) is 19.8 Å². The Labute approximate surface area is 63.0 Å². The van der Waals surface area contributed by atoms with Gasteiger partial charge in [-0.25, -0.2) is 0 Å². The van der Waals surface area contributed by atoms with Crippen molar-refractivity contribution < 1.29 is 14.6 Å². The Kier molecular flexibility index (Phi) is 20.0. The maximum absolute atomic E-state index is 7.57. The Balaban J connectivity index is 0. The van der Waals surface area contributed by atoms with E-state index in [1.54, 1.807) is 6.92 Å². The molecule has 0 saturated heterocycles. The molecule has 0 saturated carbocycles. The molecule has 0 fully saturated rings. The minimum Gasteiger partial charge on any atom is -0.397 e. The van der Waals surface area contributed by atoms with Crippen molar-refractivity contribution in [3.63, 3.8) is 0 Å². The fourth-order valence-corrected chi connectivity index (χ4v) is 0.226. The van der Waals surface area contributed by atoms with Crippen LogP contribution in [0.15, 0.2) is 0 Å². The fraction of sp³-hybridized carbons (Fsp3) is 1.00. The van der Waals surface area contributed by atoms with Gasteiger partial charge in [0.2, 0.25) is 0 Å². The molecule has 3 heteroatoms. The summed E-state index contributed by atoms with van der Waals surface area (Å²) in [6.07, 6.45) is 0. The van der Waals surface area contributed by atoms with Crippen molar-refractivity contribution in [3.05, 3.63) is 0 Å². The van der Waals surface area contributed by atoms with E-state index in [9.17, 15) is 0 Å². The van der Waals surface area contributed by atoms with E-state index in [1.165, 1.54) is 0 Å². The van der Waals surface area contributed by atoms with Crippen molar-refractivity contribution in [1.82, 2.24) is 0 Å². The normalized spacial score (nSPS) is 8.40. The summed E-state index contributed by atoms with van der Waals surface area (Å²) in [5, 5.41) is 7.57. The van der Waals surface area contributed by atoms with E-state index in [4.69, 9.17) is 14.6 Å². The Morgan fingerprint density at radius 2 is 1.30 bits per heavy atom. The highest BCUT2D eigenvalue weighted by Crippen LogP contribution is 1.74. The molecule has 0 rings (SSSR count). The molecule has 0 heterocycles. The molecule has 0 aromatic heterocycles. The fourth-order valence-electron chi connectivity index (χ4n) is 0.226. The number of aliphatic hydroxyl groups is 1. The highest BCUT2D eigenvalue weighted by molar-refractivity contribution is 4.08. The predicted octanol–water partition coefficient (Wildman–Crippen LogP) is 1.02. The van der Waals surface area contributed by atoms with Crippen LogP contribution in [0.1, 0.15) is 20.8 Å². The van der Waals surface area contributed by atoms with Gasteiger partial charge >= 0.3 is 0 Å². The third-order valence-electron chi connectivity index (χ3n) is 0.575. The second-order valence-electron chi connectivity index (χ2n) is 1.42. The van der Waals surface area contributed by atoms with E-state index in [-0.39, 0.29) is 6.61 Å². The van der Waals surface area contributed by atoms with Gasteiger partial charge in [0.1, 0.15) is 6.79 Å². The van der Waals surface area contributed by atoms with Gasteiger partial charge in [-0.2, -0.15) is 0 Å². The van der Waals surface area contributed by atoms with E-state index in [1.807, 2.05) is 13.8 Å². The quantitative estimate of drug-likeness (QED) is 0.480. The van der Waals surface area contributed by atoms with Crippen LogP contribution >= 0.6 is 0 Å². The van der Waals surface area contributed by atoms with Crippen molar-refractivity contribution in [2.45, 2.75) is 20.8 Å². The van der Waals surface area contributed by atoms with Crippen LogP contribution in [0.2, 0.25) is 0 Å². The number of hydrogen-bond acceptors (Lipinski definition) is 3. The molecule has 0 aromatic rings. The molecule has 0 spiro atoms. The van der Waals surface area contributed by atoms with Gasteiger partial charge in [-0.05, 0) is 20.8 Å². The lowest BCUT2D eigenvalue weighted by Gasteiger charge is -1.97. The van der Waals surface area contributed by atoms with E-state index in [0.717, 1.165) is 13.2 Å². The molecule has 1 N–H and O–H groups in total. The Bertz CT molecular complexity index is 35.8. The molecule has 0 aromatic carbocycles. The molecular formula is C7H18O3. The minimum atomic E-state index is 0.250. The van der Waals surface area contributed by atoms with Crippen LogP contribution in [0.4, 0.5) is 0 Å². The maximum Gasteiger partial charge on any atom is 0.146 e. The molecule has 0 aliphatic heterocycles. The maximum atomic E-state index is 7.57. The second-order valence-corrected chi connectivity index (χ2v) is 1.42. The Morgan fingerprint density at radius 3 is 1.50 bits per heavy atom. The summed E-state index contributed by atoms with van der Waals surface area (Å²) in [7, 11) is 0. The van der Waals surface area contributed by atoms with Crippen LogP contribution in [0.3, 0.4) is 0 Å². The average molecular weight is 150 g/mol. The monoisotopic (exact) mass is 150 g/mol. The van der Waals surface area contributed by atoms with Gasteiger partial charge in [-0.3, -0.25) is 0 Å². The molecular weight excluding hydrogens is 132 g/mol. The van der Waals surface area contributed by atoms with Crippen LogP contribution in [0.25, 0.3) is 0 Å². The van der Waals surface area contributed by atoms with E-state index in [0.29, 0.717) is 6.79 Å². The van der Waals surface area contributed by atoms with Crippen molar-refractivity contribution in [2.75, 3.05) is 26.6 Å². The third kappa shape index (κ3) is 24.8. The van der Waals surface area contributed by atoms with Crippen LogP contribution in [0.5, 0.6) is 0 Å². The molecule has 64 valence electrons. The summed E-state index contributed by atoms with van der Waals surface area (Å²) in [5.74, 6) is 0. The highest BCUT2D eigenvalue weighted by atomic mass is 16.7. The minimum absolute atomic E-state index is 0.250. The number of ether oxygens (including phenoxy) is 2. The smallest absolute Gasteiger partial charge is 0.146 e. The van der Waals surface area contributed by atoms with Gasteiger partial charge in [-0.1, -0.05) is 0 Å². The number of hydrogen-bond donors (Lipinski definition) is 1. The Morgan fingerprint density at radius 1 is 1.00 bits per heavy atom. The van der Waals surface area contributed by atoms with E-state index >= 15 is 0 Å². The lowest BCUT2D eigenvalue weighted by Crippen LogP contribution is -1.97. The molecule has 0 atom stereocenters. The number of aliphatic hydroxyl groups excluding tert-OH is 1. The third-order valence-corrected chi connectivity index (χ3v) is 0.575. The van der Waals surface area contributed by atoms with Gasteiger partial charge in [0.15, 0.2) is 0 Å². The van der Waals surface area contributed by atoms with E-state index in [2.05, 4.69) is 0 Å². The number of rotatable bonds is 4. The standard InChI is InChI=1S/C5H12O2.C2H6O/c1-3-6-5-7-4-2;1-2-3/h3-5H2,1-2H3;3H,2H2,1H3. The van der Waals surface area contributed by atoms with Gasteiger partial charge in [0.25, 0.3) is 0 Å². The van der Waals surface area contributed by atoms with Crippen LogP contribution < -0.4 is 0 Å². The van der Waals surface area contributed by atoms with Crippen LogP contribution in [-0.2, 0) is 9.47 Å². The molecule has 0 bridgehead atoms. The molecule has 10 heavy (non-hydrogen) atoms. The first-order valence-electron chi connectivity index (χ1n) is 3.59. The van der Waals surface area contributed by atoms with Gasteiger partial charge in [-0.15, -0.1) is 0 Å². The average Bonchev–Trinajstić information content (AvgIpc) is 1.91. The molecule has 0 aliphatic carbocycles. The van der Waals surface area contributed by atoms with E-state index < -0.39 is 0 Å². The first kappa shape index (κ1) is 12.5. The van der Waals surface area contributed by atoms with Gasteiger partial charge in [0.05, 0.1) is 0 Å². The lowest BCUT2D eigenvalue weighted by atomic mass is 10.9. The summed E-state index contributed by atoms with van der Waals surface area (Å²) < 4.78 is 9.70. The lowest BCUT2D eigenvalue weighted by molar-refractivity contribution is -0.0445. The molecule has 0 amide bonds. The molecule has 3 nitrogen and oxygen atoms in total. The first-order chi connectivity index (χ1) is 4.83. The molecule has 0 aliphatic rings. The zero-order valence-electron chi connectivity index (χ0n) is 7.09. The molecule has 0 unspecified atom stereocenters. The summed E-state index contributed by atoms with van der Waals surface area (Å²) in [6, 6.07) is 0. The van der Waals surface area contributed by atoms with Crippen molar-refractivity contribution in [3.8, 4) is 0 Å². The van der Waals surface area contributed by atoms with Gasteiger partial charge < -0.3 is 14.6 Å². The zero-order valence-corrected chi connectivity index (χ0v) is 7.09. The first-order valence-corrected chi connectivity index (χ1v) is 3.59.